The summed E-state index contributed by atoms with van der Waals surface area (Å²) in [4.78, 5) is 24.5. The summed E-state index contributed by atoms with van der Waals surface area (Å²) >= 11 is 5.83. The predicted octanol–water partition coefficient (Wildman–Crippen LogP) is 4.05. The zero-order valence-corrected chi connectivity index (χ0v) is 18.5. The van der Waals surface area contributed by atoms with Crippen molar-refractivity contribution in [2.45, 2.75) is 6.18 Å². The van der Waals surface area contributed by atoms with Crippen LogP contribution in [-0.4, -0.2) is 56.6 Å². The Kier molecular flexibility index (Phi) is 10.5. The Labute approximate surface area is 189 Å². The van der Waals surface area contributed by atoms with Gasteiger partial charge in [0.05, 0.1) is 10.6 Å². The first kappa shape index (κ1) is 26.8. The molecule has 0 aromatic heterocycles. The Bertz CT molecular complexity index is 968. The molecule has 0 saturated carbocycles. The highest BCUT2D eigenvalue weighted by Crippen LogP contribution is 2.31. The van der Waals surface area contributed by atoms with Crippen LogP contribution in [0.15, 0.2) is 42.5 Å². The summed E-state index contributed by atoms with van der Waals surface area (Å²) in [6.07, 6.45) is -4.49. The number of carboxylic acid groups (broad SMARTS) is 1. The summed E-state index contributed by atoms with van der Waals surface area (Å²) in [5.74, 6) is 4.24. The highest BCUT2D eigenvalue weighted by atomic mass is 35.5. The van der Waals surface area contributed by atoms with Gasteiger partial charge in [0, 0.05) is 43.0 Å². The Balaban J connectivity index is 0.00000161. The van der Waals surface area contributed by atoms with Gasteiger partial charge in [-0.2, -0.15) is 13.2 Å². The molecular formula is C22H23ClF3N3O3. The van der Waals surface area contributed by atoms with Crippen LogP contribution < -0.4 is 10.2 Å². The number of alkyl halides is 3. The fourth-order valence-corrected chi connectivity index (χ4v) is 2.59. The zero-order valence-electron chi connectivity index (χ0n) is 17.7. The fraction of sp³-hybridized carbons (Fsp3) is 0.273. The van der Waals surface area contributed by atoms with Crippen molar-refractivity contribution in [3.8, 4) is 11.8 Å². The molecule has 0 unspecified atom stereocenters. The molecule has 6 nitrogen and oxygen atoms in total. The van der Waals surface area contributed by atoms with E-state index < -0.39 is 17.6 Å². The van der Waals surface area contributed by atoms with E-state index >= 15 is 0 Å². The standard InChI is InChI=1S/C21H21ClF3N3O.CH2O2/c1-27(2)12-13-28(3)18-9-7-17(8-10-18)26-20(29)11-5-15-4-6-16(14-19(15)22)21(23,24)25;2-1-3/h4,6-10,14H,12-13H2,1-3H3,(H,26,29);1H,(H,2,3). The second-order valence-electron chi connectivity index (χ2n) is 6.77. The summed E-state index contributed by atoms with van der Waals surface area (Å²) in [6.45, 7) is 1.52. The van der Waals surface area contributed by atoms with E-state index in [1.54, 1.807) is 12.1 Å². The first-order chi connectivity index (χ1) is 15.0. The topological polar surface area (TPSA) is 72.9 Å². The Morgan fingerprint density at radius 1 is 1.12 bits per heavy atom. The number of benzene rings is 2. The quantitative estimate of drug-likeness (QED) is 0.510. The number of nitrogens with one attached hydrogen (secondary N) is 1. The molecule has 10 heteroatoms. The Hall–Kier alpha value is -3.22. The number of nitrogens with zero attached hydrogens (tertiary/aromatic N) is 2. The summed E-state index contributed by atoms with van der Waals surface area (Å²) < 4.78 is 37.9. The third kappa shape index (κ3) is 9.29. The summed E-state index contributed by atoms with van der Waals surface area (Å²) in [5.41, 5.74) is 0.848. The third-order valence-electron chi connectivity index (χ3n) is 4.06. The number of carbonyl (C=O) groups is 2. The van der Waals surface area contributed by atoms with Crippen molar-refractivity contribution in [1.82, 2.24) is 4.90 Å². The average molecular weight is 470 g/mol. The van der Waals surface area contributed by atoms with Crippen molar-refractivity contribution >= 4 is 35.4 Å². The first-order valence-electron chi connectivity index (χ1n) is 9.21. The molecule has 0 spiro atoms. The number of hydrogen-bond acceptors (Lipinski definition) is 4. The van der Waals surface area contributed by atoms with Gasteiger partial charge >= 0.3 is 12.1 Å². The molecule has 0 aliphatic rings. The lowest BCUT2D eigenvalue weighted by Crippen LogP contribution is -2.28. The van der Waals surface area contributed by atoms with Gasteiger partial charge in [-0.15, -0.1) is 0 Å². The number of carbonyl (C=O) groups excluding carboxylic acids is 1. The van der Waals surface area contributed by atoms with E-state index in [1.807, 2.05) is 33.3 Å². The smallest absolute Gasteiger partial charge is 0.416 e. The molecule has 172 valence electrons. The minimum Gasteiger partial charge on any atom is -0.483 e. The maximum atomic E-state index is 12.6. The molecule has 0 aliphatic carbocycles. The van der Waals surface area contributed by atoms with Crippen LogP contribution in [-0.2, 0) is 15.8 Å². The molecular weight excluding hydrogens is 447 g/mol. The minimum absolute atomic E-state index is 0.146. The summed E-state index contributed by atoms with van der Waals surface area (Å²) in [5, 5.41) is 9.35. The van der Waals surface area contributed by atoms with Crippen LogP contribution in [0.2, 0.25) is 5.02 Å². The van der Waals surface area contributed by atoms with E-state index in [-0.39, 0.29) is 17.1 Å². The van der Waals surface area contributed by atoms with Crippen LogP contribution >= 0.6 is 11.6 Å². The number of halogens is 4. The number of hydrogen-bond donors (Lipinski definition) is 2. The summed E-state index contributed by atoms with van der Waals surface area (Å²) in [6, 6.07) is 10.1. The van der Waals surface area contributed by atoms with Crippen LogP contribution in [0.5, 0.6) is 0 Å². The Morgan fingerprint density at radius 3 is 2.22 bits per heavy atom. The first-order valence-corrected chi connectivity index (χ1v) is 9.59. The zero-order chi connectivity index (χ0) is 24.3. The van der Waals surface area contributed by atoms with Gasteiger partial charge < -0.3 is 20.2 Å². The molecule has 2 aromatic carbocycles. The number of amides is 1. The van der Waals surface area contributed by atoms with Gasteiger partial charge in [-0.05, 0) is 56.6 Å². The molecule has 2 N–H and O–H groups in total. The van der Waals surface area contributed by atoms with Gasteiger partial charge in [0.15, 0.2) is 0 Å². The molecule has 2 aromatic rings. The molecule has 0 aliphatic heterocycles. The maximum Gasteiger partial charge on any atom is 0.416 e. The monoisotopic (exact) mass is 469 g/mol. The van der Waals surface area contributed by atoms with Crippen molar-refractivity contribution in [2.24, 2.45) is 0 Å². The van der Waals surface area contributed by atoms with Crippen LogP contribution in [0.4, 0.5) is 24.5 Å². The lowest BCUT2D eigenvalue weighted by atomic mass is 10.1. The van der Waals surface area contributed by atoms with Crippen molar-refractivity contribution in [2.75, 3.05) is 44.4 Å². The van der Waals surface area contributed by atoms with Crippen molar-refractivity contribution < 1.29 is 27.9 Å². The van der Waals surface area contributed by atoms with Crippen molar-refractivity contribution in [3.63, 3.8) is 0 Å². The lowest BCUT2D eigenvalue weighted by molar-refractivity contribution is -0.137. The molecule has 0 bridgehead atoms. The van der Waals surface area contributed by atoms with Gasteiger partial charge in [-0.1, -0.05) is 17.5 Å². The second-order valence-corrected chi connectivity index (χ2v) is 7.18. The van der Waals surface area contributed by atoms with Crippen molar-refractivity contribution in [3.05, 3.63) is 58.6 Å². The third-order valence-corrected chi connectivity index (χ3v) is 4.37. The highest BCUT2D eigenvalue weighted by Gasteiger charge is 2.30. The maximum absolute atomic E-state index is 12.6. The van der Waals surface area contributed by atoms with Crippen LogP contribution in [0, 0.1) is 11.8 Å². The molecule has 1 amide bonds. The largest absolute Gasteiger partial charge is 0.483 e. The van der Waals surface area contributed by atoms with Crippen molar-refractivity contribution in [1.29, 1.82) is 0 Å². The molecule has 0 heterocycles. The van der Waals surface area contributed by atoms with Crippen LogP contribution in [0.25, 0.3) is 0 Å². The highest BCUT2D eigenvalue weighted by molar-refractivity contribution is 6.31. The SMILES string of the molecule is CN(C)CCN(C)c1ccc(NC(=O)C#Cc2ccc(C(F)(F)F)cc2Cl)cc1.O=CO. The number of anilines is 2. The fourth-order valence-electron chi connectivity index (χ4n) is 2.36. The van der Waals surface area contributed by atoms with Crippen LogP contribution in [0.1, 0.15) is 11.1 Å². The predicted molar refractivity (Wildman–Crippen MR) is 119 cm³/mol. The van der Waals surface area contributed by atoms with Gasteiger partial charge in [0.2, 0.25) is 0 Å². The van der Waals surface area contributed by atoms with Gasteiger partial charge in [-0.3, -0.25) is 9.59 Å². The minimum atomic E-state index is -4.49. The van der Waals surface area contributed by atoms with E-state index in [1.165, 1.54) is 0 Å². The molecule has 0 radical (unpaired) electrons. The van der Waals surface area contributed by atoms with E-state index in [0.29, 0.717) is 5.69 Å². The molecule has 0 saturated heterocycles. The van der Waals surface area contributed by atoms with E-state index in [0.717, 1.165) is 37.0 Å². The number of rotatable bonds is 5. The lowest BCUT2D eigenvalue weighted by Gasteiger charge is -2.21. The normalized spacial score (nSPS) is 10.4. The molecule has 0 atom stereocenters. The van der Waals surface area contributed by atoms with Crippen LogP contribution in [0.3, 0.4) is 0 Å². The van der Waals surface area contributed by atoms with E-state index in [4.69, 9.17) is 21.5 Å². The number of likely N-dealkylation sites (N-methyl/N-ethyl adjacent to an activating group) is 2. The van der Waals surface area contributed by atoms with Gasteiger partial charge in [-0.25, -0.2) is 0 Å². The van der Waals surface area contributed by atoms with Gasteiger partial charge in [0.25, 0.3) is 6.47 Å². The molecule has 32 heavy (non-hydrogen) atoms. The van der Waals surface area contributed by atoms with E-state index in [9.17, 15) is 18.0 Å². The average Bonchev–Trinajstić information content (AvgIpc) is 2.71. The molecule has 2 rings (SSSR count). The Morgan fingerprint density at radius 2 is 1.72 bits per heavy atom. The van der Waals surface area contributed by atoms with Gasteiger partial charge in [0.1, 0.15) is 0 Å². The molecule has 0 fully saturated rings. The second kappa shape index (κ2) is 12.6. The van der Waals surface area contributed by atoms with E-state index in [2.05, 4.69) is 27.0 Å². The summed E-state index contributed by atoms with van der Waals surface area (Å²) in [7, 11) is 5.99.